The molecule has 2 aromatic heterocycles. The van der Waals surface area contributed by atoms with Crippen molar-refractivity contribution in [3.63, 3.8) is 0 Å². The molecule has 1 atom stereocenters. The third kappa shape index (κ3) is 6.35. The highest BCUT2D eigenvalue weighted by atomic mass is 19.3. The van der Waals surface area contributed by atoms with Crippen molar-refractivity contribution < 1.29 is 31.8 Å². The first-order chi connectivity index (χ1) is 18.1. The van der Waals surface area contributed by atoms with E-state index in [-0.39, 0.29) is 61.1 Å². The minimum absolute atomic E-state index is 0.0277. The number of rotatable bonds is 11. The molecule has 10 heteroatoms. The van der Waals surface area contributed by atoms with Crippen molar-refractivity contribution in [1.29, 1.82) is 0 Å². The lowest BCUT2D eigenvalue weighted by Crippen LogP contribution is -2.10. The first-order valence-electron chi connectivity index (χ1n) is 12.4. The van der Waals surface area contributed by atoms with E-state index in [1.54, 1.807) is 26.1 Å². The van der Waals surface area contributed by atoms with E-state index in [4.69, 9.17) is 9.47 Å². The van der Waals surface area contributed by atoms with Crippen LogP contribution in [0.2, 0.25) is 0 Å². The topological polar surface area (TPSA) is 80.0 Å². The van der Waals surface area contributed by atoms with Crippen molar-refractivity contribution in [3.8, 4) is 22.9 Å². The van der Waals surface area contributed by atoms with Gasteiger partial charge in [-0.15, -0.1) is 0 Å². The summed E-state index contributed by atoms with van der Waals surface area (Å²) in [6.07, 6.45) is 3.30. The van der Waals surface area contributed by atoms with Gasteiger partial charge in [-0.25, -0.2) is 22.5 Å². The molecule has 0 aliphatic carbocycles. The number of fused-ring (bicyclic) bond motifs is 1. The highest BCUT2D eigenvalue weighted by molar-refractivity contribution is 5.86. The predicted molar refractivity (Wildman–Crippen MR) is 136 cm³/mol. The normalized spacial score (nSPS) is 12.6. The van der Waals surface area contributed by atoms with Crippen LogP contribution in [0.15, 0.2) is 42.7 Å². The average Bonchev–Trinajstić information content (AvgIpc) is 3.53. The molecule has 0 aliphatic heterocycles. The number of alkyl halides is 2. The lowest BCUT2D eigenvalue weighted by molar-refractivity contribution is -0.143. The van der Waals surface area contributed by atoms with Crippen molar-refractivity contribution in [3.05, 3.63) is 65.6 Å². The van der Waals surface area contributed by atoms with E-state index in [1.165, 1.54) is 30.5 Å². The number of nitrogens with zero attached hydrogens (tertiary/aromatic N) is 1. The minimum atomic E-state index is -2.78. The van der Waals surface area contributed by atoms with E-state index < -0.39 is 23.5 Å². The van der Waals surface area contributed by atoms with E-state index in [2.05, 4.69) is 15.0 Å². The van der Waals surface area contributed by atoms with Gasteiger partial charge in [0.1, 0.15) is 17.4 Å². The molecule has 0 amide bonds. The molecule has 38 heavy (non-hydrogen) atoms. The fraction of sp³-hybridized carbons (Fsp3) is 0.357. The van der Waals surface area contributed by atoms with E-state index in [1.807, 2.05) is 0 Å². The van der Waals surface area contributed by atoms with Crippen LogP contribution in [-0.2, 0) is 16.0 Å². The number of halogens is 4. The molecule has 4 aromatic rings. The van der Waals surface area contributed by atoms with Gasteiger partial charge in [0.15, 0.2) is 11.6 Å². The number of carbonyl (C=O) groups excluding carboxylic acids is 1. The van der Waals surface area contributed by atoms with Crippen molar-refractivity contribution in [2.24, 2.45) is 0 Å². The predicted octanol–water partition coefficient (Wildman–Crippen LogP) is 7.66. The lowest BCUT2D eigenvalue weighted by Gasteiger charge is -2.15. The number of esters is 1. The summed E-state index contributed by atoms with van der Waals surface area (Å²) in [5.41, 5.74) is 1.70. The Balaban J connectivity index is 1.62. The lowest BCUT2D eigenvalue weighted by atomic mass is 10.0. The van der Waals surface area contributed by atoms with Gasteiger partial charge in [-0.05, 0) is 56.9 Å². The van der Waals surface area contributed by atoms with Crippen LogP contribution >= 0.6 is 0 Å². The third-order valence-corrected chi connectivity index (χ3v) is 6.31. The van der Waals surface area contributed by atoms with Crippen molar-refractivity contribution in [1.82, 2.24) is 15.0 Å². The van der Waals surface area contributed by atoms with Crippen LogP contribution in [-0.4, -0.2) is 33.5 Å². The number of nitrogens with one attached hydrogen (secondary N) is 2. The molecule has 2 N–H and O–H groups in total. The Morgan fingerprint density at radius 2 is 1.95 bits per heavy atom. The molecule has 0 spiro atoms. The maximum absolute atomic E-state index is 15.2. The zero-order chi connectivity index (χ0) is 27.4. The van der Waals surface area contributed by atoms with E-state index in [0.717, 1.165) is 6.92 Å². The van der Waals surface area contributed by atoms with Gasteiger partial charge >= 0.3 is 5.97 Å². The summed E-state index contributed by atoms with van der Waals surface area (Å²) in [7, 11) is 0. The molecular weight excluding hydrogens is 502 g/mol. The number of ether oxygens (including phenoxy) is 2. The second-order valence-corrected chi connectivity index (χ2v) is 9.35. The number of aromatic nitrogens is 3. The van der Waals surface area contributed by atoms with Crippen LogP contribution in [0.5, 0.6) is 11.5 Å². The van der Waals surface area contributed by atoms with Crippen LogP contribution < -0.4 is 4.74 Å². The van der Waals surface area contributed by atoms with E-state index in [0.29, 0.717) is 22.2 Å². The summed E-state index contributed by atoms with van der Waals surface area (Å²) in [5.74, 6) is -4.39. The molecule has 0 fully saturated rings. The molecule has 4 rings (SSSR count). The molecular formula is C28H29F4N3O3. The second-order valence-electron chi connectivity index (χ2n) is 9.35. The van der Waals surface area contributed by atoms with Crippen molar-refractivity contribution in [2.45, 2.75) is 58.3 Å². The number of aromatic amines is 2. The van der Waals surface area contributed by atoms with Gasteiger partial charge in [-0.3, -0.25) is 4.79 Å². The van der Waals surface area contributed by atoms with Crippen molar-refractivity contribution >= 4 is 16.9 Å². The maximum atomic E-state index is 15.2. The highest BCUT2D eigenvalue weighted by Gasteiger charge is 2.23. The molecule has 6 nitrogen and oxygen atoms in total. The molecule has 2 heterocycles. The van der Waals surface area contributed by atoms with Gasteiger partial charge in [-0.1, -0.05) is 6.92 Å². The van der Waals surface area contributed by atoms with Crippen LogP contribution in [0.1, 0.15) is 57.2 Å². The summed E-state index contributed by atoms with van der Waals surface area (Å²) < 4.78 is 67.4. The zero-order valence-electron chi connectivity index (χ0n) is 21.3. The Bertz CT molecular complexity index is 1420. The van der Waals surface area contributed by atoms with Gasteiger partial charge in [-0.2, -0.15) is 0 Å². The Morgan fingerprint density at radius 1 is 1.16 bits per heavy atom. The summed E-state index contributed by atoms with van der Waals surface area (Å²) in [6.45, 7) is 4.60. The maximum Gasteiger partial charge on any atom is 0.306 e. The summed E-state index contributed by atoms with van der Waals surface area (Å²) in [4.78, 5) is 22.2. The molecule has 0 bridgehead atoms. The first kappa shape index (κ1) is 27.2. The molecule has 0 saturated carbocycles. The van der Waals surface area contributed by atoms with Crippen LogP contribution in [0.3, 0.4) is 0 Å². The zero-order valence-corrected chi connectivity index (χ0v) is 21.3. The quantitative estimate of drug-likeness (QED) is 0.154. The summed E-state index contributed by atoms with van der Waals surface area (Å²) in [6, 6.07) is 6.99. The number of hydrogen-bond acceptors (Lipinski definition) is 4. The van der Waals surface area contributed by atoms with Crippen LogP contribution in [0.25, 0.3) is 22.3 Å². The standard InChI is InChI=1S/C28H29F4N3O3/c1-4-37-25(36)8-6-19-18-10-12-33-23(18)14-22(30)26(19)38-17-5-7-21(29)20(13-17)27-34-15-24(35-27)16(2)9-11-28(3,31)32/h5,7,10,12-16,33H,4,6,8-9,11H2,1-3H3,(H,34,35). The summed E-state index contributed by atoms with van der Waals surface area (Å²) >= 11 is 0. The molecule has 0 aliphatic rings. The van der Waals surface area contributed by atoms with Crippen LogP contribution in [0.4, 0.5) is 17.6 Å². The number of carbonyl (C=O) groups is 1. The number of imidazole rings is 1. The van der Waals surface area contributed by atoms with Gasteiger partial charge in [0.2, 0.25) is 5.92 Å². The van der Waals surface area contributed by atoms with Gasteiger partial charge in [0, 0.05) is 53.5 Å². The molecule has 1 unspecified atom stereocenters. The Labute approximate surface area is 217 Å². The summed E-state index contributed by atoms with van der Waals surface area (Å²) in [5, 5.41) is 0.690. The largest absolute Gasteiger partial charge is 0.466 e. The SMILES string of the molecule is CCOC(=O)CCc1c(Oc2ccc(F)c(-c3ncc(C(C)CCC(C)(F)F)[nH]3)c2)c(F)cc2[nH]ccc12. The van der Waals surface area contributed by atoms with E-state index >= 15 is 4.39 Å². The molecule has 0 saturated heterocycles. The molecule has 202 valence electrons. The average molecular weight is 532 g/mol. The second kappa shape index (κ2) is 11.3. The minimum Gasteiger partial charge on any atom is -0.466 e. The Kier molecular flexibility index (Phi) is 8.08. The van der Waals surface area contributed by atoms with Gasteiger partial charge in [0.05, 0.1) is 12.2 Å². The Morgan fingerprint density at radius 3 is 2.68 bits per heavy atom. The third-order valence-electron chi connectivity index (χ3n) is 6.31. The number of aryl methyl sites for hydroxylation is 1. The smallest absolute Gasteiger partial charge is 0.306 e. The molecule has 0 radical (unpaired) electrons. The molecule has 2 aromatic carbocycles. The monoisotopic (exact) mass is 531 g/mol. The number of H-pyrrole nitrogens is 2. The number of benzene rings is 2. The Hall–Kier alpha value is -3.82. The fourth-order valence-electron chi connectivity index (χ4n) is 4.26. The van der Waals surface area contributed by atoms with Crippen LogP contribution in [0, 0.1) is 11.6 Å². The first-order valence-corrected chi connectivity index (χ1v) is 12.4. The fourth-order valence-corrected chi connectivity index (χ4v) is 4.26. The number of hydrogen-bond donors (Lipinski definition) is 2. The van der Waals surface area contributed by atoms with Crippen molar-refractivity contribution in [2.75, 3.05) is 6.61 Å². The van der Waals surface area contributed by atoms with Gasteiger partial charge in [0.25, 0.3) is 0 Å². The van der Waals surface area contributed by atoms with Gasteiger partial charge < -0.3 is 19.4 Å². The highest BCUT2D eigenvalue weighted by Crippen LogP contribution is 2.37. The van der Waals surface area contributed by atoms with E-state index in [9.17, 15) is 18.0 Å².